The molecule has 0 saturated carbocycles. The van der Waals surface area contributed by atoms with Crippen molar-refractivity contribution in [1.82, 2.24) is 9.80 Å². The number of amides is 2. The number of rotatable bonds is 2. The van der Waals surface area contributed by atoms with Crippen molar-refractivity contribution in [2.45, 2.75) is 20.3 Å². The lowest BCUT2D eigenvalue weighted by Crippen LogP contribution is -2.63. The molecule has 2 aliphatic heterocycles. The van der Waals surface area contributed by atoms with Crippen molar-refractivity contribution < 1.29 is 18.4 Å². The molecule has 132 valence electrons. The Kier molecular flexibility index (Phi) is 3.52. The fourth-order valence-corrected chi connectivity index (χ4v) is 4.71. The molecule has 25 heavy (non-hydrogen) atoms. The van der Waals surface area contributed by atoms with Crippen molar-refractivity contribution >= 4 is 11.8 Å². The zero-order valence-corrected chi connectivity index (χ0v) is 14.5. The fourth-order valence-electron chi connectivity index (χ4n) is 4.71. The maximum absolute atomic E-state index is 12.7. The Morgan fingerprint density at radius 1 is 0.840 bits per heavy atom. The highest BCUT2D eigenvalue weighted by Crippen LogP contribution is 2.46. The van der Waals surface area contributed by atoms with E-state index in [1.165, 1.54) is 12.5 Å². The molecular weight excluding hydrogens is 320 g/mol. The third-order valence-corrected chi connectivity index (χ3v) is 5.18. The Labute approximate surface area is 146 Å². The van der Waals surface area contributed by atoms with Gasteiger partial charge in [0.05, 0.1) is 12.5 Å². The van der Waals surface area contributed by atoms with Crippen LogP contribution in [0, 0.1) is 10.8 Å². The maximum atomic E-state index is 12.7. The topological polar surface area (TPSA) is 66.9 Å². The minimum Gasteiger partial charge on any atom is -0.459 e. The average Bonchev–Trinajstić information content (AvgIpc) is 3.24. The van der Waals surface area contributed by atoms with Gasteiger partial charge in [-0.15, -0.1) is 0 Å². The molecule has 0 aromatic carbocycles. The first-order valence-corrected chi connectivity index (χ1v) is 8.53. The molecule has 0 N–H and O–H groups in total. The number of hydrogen-bond acceptors (Lipinski definition) is 4. The molecule has 2 aromatic rings. The summed E-state index contributed by atoms with van der Waals surface area (Å²) in [5, 5.41) is 0. The van der Waals surface area contributed by atoms with Gasteiger partial charge in [0, 0.05) is 37.0 Å². The maximum Gasteiger partial charge on any atom is 0.289 e. The van der Waals surface area contributed by atoms with Crippen molar-refractivity contribution in [3.8, 4) is 0 Å². The first kappa shape index (κ1) is 16.0. The number of likely N-dealkylation sites (tertiary alicyclic amines) is 2. The van der Waals surface area contributed by atoms with Gasteiger partial charge in [-0.1, -0.05) is 13.8 Å². The summed E-state index contributed by atoms with van der Waals surface area (Å²) in [6.07, 6.45) is 4.03. The van der Waals surface area contributed by atoms with Crippen molar-refractivity contribution in [2.75, 3.05) is 26.2 Å². The Balaban J connectivity index is 1.56. The normalized spacial score (nSPS) is 28.9. The lowest BCUT2D eigenvalue weighted by molar-refractivity contribution is -0.0551. The van der Waals surface area contributed by atoms with E-state index < -0.39 is 0 Å². The lowest BCUT2D eigenvalue weighted by Gasteiger charge is -2.56. The number of piperidine rings is 2. The largest absolute Gasteiger partial charge is 0.459 e. The highest BCUT2D eigenvalue weighted by Gasteiger charge is 2.51. The Morgan fingerprint density at radius 2 is 1.24 bits per heavy atom. The highest BCUT2D eigenvalue weighted by molar-refractivity contribution is 5.92. The van der Waals surface area contributed by atoms with Crippen LogP contribution in [0.3, 0.4) is 0 Å². The van der Waals surface area contributed by atoms with Gasteiger partial charge in [-0.3, -0.25) is 9.59 Å². The van der Waals surface area contributed by atoms with Crippen LogP contribution in [0.15, 0.2) is 45.6 Å². The molecule has 0 radical (unpaired) electrons. The highest BCUT2D eigenvalue weighted by atomic mass is 16.3. The molecule has 2 fully saturated rings. The second-order valence-electron chi connectivity index (χ2n) is 8.08. The van der Waals surface area contributed by atoms with Gasteiger partial charge in [-0.2, -0.15) is 0 Å². The number of nitrogens with zero attached hydrogens (tertiary/aromatic N) is 2. The third kappa shape index (κ3) is 2.86. The van der Waals surface area contributed by atoms with Gasteiger partial charge in [0.15, 0.2) is 11.5 Å². The van der Waals surface area contributed by atoms with Gasteiger partial charge in [-0.05, 0) is 30.7 Å². The molecule has 0 atom stereocenters. The van der Waals surface area contributed by atoms with Crippen LogP contribution in [-0.4, -0.2) is 47.8 Å². The molecule has 2 aliphatic rings. The summed E-state index contributed by atoms with van der Waals surface area (Å²) in [6.45, 7) is 6.75. The molecular formula is C19H22N2O4. The standard InChI is InChI=1S/C19H22N2O4/c1-18-9-19(2,12-20(10-18)16(22)14-5-3-7-24-14)13-21(11-18)17(23)15-6-4-8-25-15/h3-8H,9-13H2,1-2H3. The van der Waals surface area contributed by atoms with Crippen molar-refractivity contribution in [3.05, 3.63) is 48.3 Å². The number of carbonyl (C=O) groups excluding carboxylic acids is 2. The zero-order valence-electron chi connectivity index (χ0n) is 14.5. The molecule has 4 rings (SSSR count). The van der Waals surface area contributed by atoms with Gasteiger partial charge in [0.1, 0.15) is 0 Å². The monoisotopic (exact) mass is 342 g/mol. The van der Waals surface area contributed by atoms with Crippen molar-refractivity contribution in [2.24, 2.45) is 10.8 Å². The van der Waals surface area contributed by atoms with Crippen molar-refractivity contribution in [1.29, 1.82) is 0 Å². The molecule has 4 heterocycles. The minimum absolute atomic E-state index is 0.0760. The van der Waals surface area contributed by atoms with Crippen LogP contribution in [0.1, 0.15) is 41.4 Å². The smallest absolute Gasteiger partial charge is 0.289 e. The second-order valence-corrected chi connectivity index (χ2v) is 8.08. The number of hydrogen-bond donors (Lipinski definition) is 0. The van der Waals surface area contributed by atoms with Gasteiger partial charge in [0.25, 0.3) is 11.8 Å². The Morgan fingerprint density at radius 3 is 1.56 bits per heavy atom. The summed E-state index contributed by atoms with van der Waals surface area (Å²) in [5.41, 5.74) is -0.286. The van der Waals surface area contributed by atoms with Crippen LogP contribution in [0.4, 0.5) is 0 Å². The van der Waals surface area contributed by atoms with E-state index in [0.29, 0.717) is 37.7 Å². The molecule has 2 bridgehead atoms. The zero-order chi connectivity index (χ0) is 17.7. The predicted molar refractivity (Wildman–Crippen MR) is 90.1 cm³/mol. The molecule has 6 heteroatoms. The summed E-state index contributed by atoms with van der Waals surface area (Å²) < 4.78 is 10.6. The van der Waals surface area contributed by atoms with Crippen LogP contribution < -0.4 is 0 Å². The van der Waals surface area contributed by atoms with Gasteiger partial charge >= 0.3 is 0 Å². The first-order valence-electron chi connectivity index (χ1n) is 8.53. The van der Waals surface area contributed by atoms with Gasteiger partial charge in [-0.25, -0.2) is 0 Å². The number of carbonyl (C=O) groups is 2. The van der Waals surface area contributed by atoms with Crippen LogP contribution in [-0.2, 0) is 0 Å². The number of furan rings is 2. The van der Waals surface area contributed by atoms with E-state index in [4.69, 9.17) is 8.83 Å². The molecule has 2 amide bonds. The van der Waals surface area contributed by atoms with Gasteiger partial charge < -0.3 is 18.6 Å². The molecule has 0 aliphatic carbocycles. The Bertz CT molecular complexity index is 700. The second kappa shape index (κ2) is 5.51. The SMILES string of the molecule is CC12CN(C(=O)c3ccco3)CC(C)(CN(C(=O)c3ccco3)C1)C2. The first-order chi connectivity index (χ1) is 11.9. The molecule has 0 unspecified atom stereocenters. The van der Waals surface area contributed by atoms with E-state index in [1.807, 2.05) is 9.80 Å². The summed E-state index contributed by atoms with van der Waals surface area (Å²) >= 11 is 0. The fraction of sp³-hybridized carbons (Fsp3) is 0.474. The van der Waals surface area contributed by atoms with Crippen LogP contribution in [0.5, 0.6) is 0 Å². The van der Waals surface area contributed by atoms with E-state index in [1.54, 1.807) is 24.3 Å². The summed E-state index contributed by atoms with van der Waals surface area (Å²) in [6, 6.07) is 6.85. The van der Waals surface area contributed by atoms with E-state index in [2.05, 4.69) is 13.8 Å². The van der Waals surface area contributed by atoms with Crippen LogP contribution in [0.25, 0.3) is 0 Å². The lowest BCUT2D eigenvalue weighted by atomic mass is 9.65. The summed E-state index contributed by atoms with van der Waals surface area (Å²) in [5.74, 6) is 0.590. The minimum atomic E-state index is -0.143. The molecule has 6 nitrogen and oxygen atoms in total. The summed E-state index contributed by atoms with van der Waals surface area (Å²) in [7, 11) is 0. The van der Waals surface area contributed by atoms with E-state index in [9.17, 15) is 9.59 Å². The average molecular weight is 342 g/mol. The third-order valence-electron chi connectivity index (χ3n) is 5.18. The summed E-state index contributed by atoms with van der Waals surface area (Å²) in [4.78, 5) is 29.2. The van der Waals surface area contributed by atoms with E-state index >= 15 is 0 Å². The Hall–Kier alpha value is -2.50. The predicted octanol–water partition coefficient (Wildman–Crippen LogP) is 2.89. The van der Waals surface area contributed by atoms with Crippen LogP contribution in [0.2, 0.25) is 0 Å². The number of fused-ring (bicyclic) bond motifs is 2. The van der Waals surface area contributed by atoms with E-state index in [-0.39, 0.29) is 22.6 Å². The van der Waals surface area contributed by atoms with Crippen LogP contribution >= 0.6 is 0 Å². The molecule has 2 saturated heterocycles. The van der Waals surface area contributed by atoms with E-state index in [0.717, 1.165) is 6.42 Å². The van der Waals surface area contributed by atoms with Gasteiger partial charge in [0.2, 0.25) is 0 Å². The molecule has 0 spiro atoms. The quantitative estimate of drug-likeness (QED) is 0.842. The van der Waals surface area contributed by atoms with Crippen molar-refractivity contribution in [3.63, 3.8) is 0 Å². The molecule has 2 aromatic heterocycles.